The fourth-order valence-electron chi connectivity index (χ4n) is 2.53. The largest absolute Gasteiger partial charge is 0.492 e. The van der Waals surface area contributed by atoms with Gasteiger partial charge in [0.1, 0.15) is 18.2 Å². The molecule has 1 saturated heterocycles. The quantitative estimate of drug-likeness (QED) is 0.900. The van der Waals surface area contributed by atoms with Crippen molar-refractivity contribution in [3.63, 3.8) is 0 Å². The van der Waals surface area contributed by atoms with E-state index >= 15 is 0 Å². The van der Waals surface area contributed by atoms with Crippen molar-refractivity contribution in [1.29, 1.82) is 0 Å². The Morgan fingerprint density at radius 3 is 2.80 bits per heavy atom. The van der Waals surface area contributed by atoms with E-state index in [0.717, 1.165) is 19.4 Å². The molecule has 5 heteroatoms. The molecule has 1 aromatic rings. The third-order valence-electron chi connectivity index (χ3n) is 3.78. The highest BCUT2D eigenvalue weighted by Crippen LogP contribution is 2.29. The van der Waals surface area contributed by atoms with Gasteiger partial charge in [0.05, 0.1) is 5.41 Å². The normalized spacial score (nSPS) is 23.5. The average molecular weight is 281 g/mol. The van der Waals surface area contributed by atoms with E-state index in [2.05, 4.69) is 4.90 Å². The molecule has 1 N–H and O–H groups in total. The van der Waals surface area contributed by atoms with Gasteiger partial charge in [0.15, 0.2) is 0 Å². The first-order chi connectivity index (χ1) is 9.49. The zero-order valence-electron chi connectivity index (χ0n) is 11.6. The van der Waals surface area contributed by atoms with Gasteiger partial charge in [-0.3, -0.25) is 9.69 Å². The van der Waals surface area contributed by atoms with E-state index in [1.165, 1.54) is 12.1 Å². The molecule has 4 nitrogen and oxygen atoms in total. The molecule has 0 spiro atoms. The molecule has 0 amide bonds. The minimum atomic E-state index is -0.735. The maximum Gasteiger partial charge on any atom is 0.310 e. The molecule has 110 valence electrons. The van der Waals surface area contributed by atoms with Crippen LogP contribution >= 0.6 is 0 Å². The Bertz CT molecular complexity index is 463. The van der Waals surface area contributed by atoms with Crippen LogP contribution in [0.15, 0.2) is 24.3 Å². The molecule has 1 aliphatic rings. The smallest absolute Gasteiger partial charge is 0.310 e. The Morgan fingerprint density at radius 2 is 2.15 bits per heavy atom. The van der Waals surface area contributed by atoms with Crippen LogP contribution < -0.4 is 4.74 Å². The second-order valence-corrected chi connectivity index (χ2v) is 5.55. The van der Waals surface area contributed by atoms with E-state index in [-0.39, 0.29) is 5.82 Å². The third-order valence-corrected chi connectivity index (χ3v) is 3.78. The van der Waals surface area contributed by atoms with E-state index in [9.17, 15) is 14.3 Å². The minimum absolute atomic E-state index is 0.286. The van der Waals surface area contributed by atoms with Gasteiger partial charge in [0.25, 0.3) is 0 Å². The van der Waals surface area contributed by atoms with Crippen molar-refractivity contribution >= 4 is 5.97 Å². The number of carbonyl (C=O) groups is 1. The van der Waals surface area contributed by atoms with Gasteiger partial charge in [-0.25, -0.2) is 4.39 Å². The summed E-state index contributed by atoms with van der Waals surface area (Å²) < 4.78 is 18.3. The number of ether oxygens (including phenoxy) is 1. The number of carboxylic acid groups (broad SMARTS) is 1. The van der Waals surface area contributed by atoms with Crippen molar-refractivity contribution in [2.45, 2.75) is 19.8 Å². The lowest BCUT2D eigenvalue weighted by atomic mass is 9.82. The topological polar surface area (TPSA) is 49.8 Å². The van der Waals surface area contributed by atoms with Crippen LogP contribution in [-0.2, 0) is 4.79 Å². The second-order valence-electron chi connectivity index (χ2n) is 5.55. The number of likely N-dealkylation sites (tertiary alicyclic amines) is 1. The van der Waals surface area contributed by atoms with Crippen molar-refractivity contribution in [3.05, 3.63) is 30.1 Å². The Labute approximate surface area is 118 Å². The van der Waals surface area contributed by atoms with Crippen molar-refractivity contribution in [2.24, 2.45) is 5.41 Å². The summed E-state index contributed by atoms with van der Waals surface area (Å²) in [6, 6.07) is 5.90. The molecular weight excluding hydrogens is 261 g/mol. The monoisotopic (exact) mass is 281 g/mol. The summed E-state index contributed by atoms with van der Waals surface area (Å²) in [6.45, 7) is 4.40. The highest BCUT2D eigenvalue weighted by Gasteiger charge is 2.37. The highest BCUT2D eigenvalue weighted by molar-refractivity contribution is 5.74. The molecule has 20 heavy (non-hydrogen) atoms. The molecule has 0 aliphatic carbocycles. The molecule has 1 atom stereocenters. The van der Waals surface area contributed by atoms with Crippen LogP contribution in [-0.4, -0.2) is 42.2 Å². The fraction of sp³-hybridized carbons (Fsp3) is 0.533. The molecular formula is C15H20FNO3. The zero-order valence-corrected chi connectivity index (χ0v) is 11.6. The van der Waals surface area contributed by atoms with Gasteiger partial charge in [0.2, 0.25) is 0 Å². The van der Waals surface area contributed by atoms with Crippen LogP contribution in [0.5, 0.6) is 5.75 Å². The molecule has 1 aromatic carbocycles. The first-order valence-electron chi connectivity index (χ1n) is 6.84. The molecule has 1 fully saturated rings. The van der Waals surface area contributed by atoms with Crippen molar-refractivity contribution in [3.8, 4) is 5.75 Å². The third kappa shape index (κ3) is 3.70. The number of benzene rings is 1. The molecule has 0 bridgehead atoms. The maximum absolute atomic E-state index is 12.7. The number of rotatable bonds is 5. The van der Waals surface area contributed by atoms with E-state index in [1.807, 2.05) is 0 Å². The number of halogens is 1. The second kappa shape index (κ2) is 6.22. The van der Waals surface area contributed by atoms with Crippen LogP contribution in [0.25, 0.3) is 0 Å². The minimum Gasteiger partial charge on any atom is -0.492 e. The summed E-state index contributed by atoms with van der Waals surface area (Å²) in [5.41, 5.74) is -0.659. The number of carboxylic acids is 1. The SMILES string of the molecule is CC1(C(=O)O)CCCN(CCOc2ccc(F)cc2)C1. The number of nitrogens with zero attached hydrogens (tertiary/aromatic N) is 1. The highest BCUT2D eigenvalue weighted by atomic mass is 19.1. The number of aliphatic carboxylic acids is 1. The van der Waals surface area contributed by atoms with Gasteiger partial charge in [-0.05, 0) is 50.6 Å². The number of piperidine rings is 1. The van der Waals surface area contributed by atoms with E-state index in [4.69, 9.17) is 4.74 Å². The fourth-order valence-corrected chi connectivity index (χ4v) is 2.53. The molecule has 0 saturated carbocycles. The Kier molecular flexibility index (Phi) is 4.60. The Hall–Kier alpha value is -1.62. The molecule has 1 aliphatic heterocycles. The van der Waals surface area contributed by atoms with Crippen molar-refractivity contribution < 1.29 is 19.0 Å². The van der Waals surface area contributed by atoms with E-state index in [1.54, 1.807) is 19.1 Å². The molecule has 0 aromatic heterocycles. The summed E-state index contributed by atoms with van der Waals surface area (Å²) in [7, 11) is 0. The first-order valence-corrected chi connectivity index (χ1v) is 6.84. The van der Waals surface area contributed by atoms with Crippen LogP contribution in [0.2, 0.25) is 0 Å². The van der Waals surface area contributed by atoms with Gasteiger partial charge in [0, 0.05) is 13.1 Å². The van der Waals surface area contributed by atoms with Gasteiger partial charge in [-0.1, -0.05) is 0 Å². The van der Waals surface area contributed by atoms with Gasteiger partial charge >= 0.3 is 5.97 Å². The summed E-state index contributed by atoms with van der Waals surface area (Å²) in [5.74, 6) is -0.392. The molecule has 1 unspecified atom stereocenters. The Balaban J connectivity index is 1.79. The predicted octanol–water partition coefficient (Wildman–Crippen LogP) is 2.39. The number of hydrogen-bond donors (Lipinski definition) is 1. The standard InChI is InChI=1S/C15H20FNO3/c1-15(14(18)19)7-2-8-17(11-15)9-10-20-13-5-3-12(16)4-6-13/h3-6H,2,7-11H2,1H3,(H,18,19). The van der Waals surface area contributed by atoms with Crippen LogP contribution in [0.3, 0.4) is 0 Å². The molecule has 0 radical (unpaired) electrons. The predicted molar refractivity (Wildman–Crippen MR) is 73.3 cm³/mol. The molecule has 2 rings (SSSR count). The summed E-state index contributed by atoms with van der Waals surface area (Å²) in [5, 5.41) is 9.25. The first kappa shape index (κ1) is 14.8. The van der Waals surface area contributed by atoms with Crippen LogP contribution in [0.4, 0.5) is 4.39 Å². The number of hydrogen-bond acceptors (Lipinski definition) is 3. The summed E-state index contributed by atoms with van der Waals surface area (Å²) >= 11 is 0. The lowest BCUT2D eigenvalue weighted by Crippen LogP contribution is -2.47. The van der Waals surface area contributed by atoms with Crippen molar-refractivity contribution in [2.75, 3.05) is 26.2 Å². The maximum atomic E-state index is 12.7. The lowest BCUT2D eigenvalue weighted by molar-refractivity contribution is -0.151. The van der Waals surface area contributed by atoms with E-state index < -0.39 is 11.4 Å². The van der Waals surface area contributed by atoms with Crippen LogP contribution in [0, 0.1) is 11.2 Å². The average Bonchev–Trinajstić information content (AvgIpc) is 2.41. The Morgan fingerprint density at radius 1 is 1.45 bits per heavy atom. The molecule has 1 heterocycles. The lowest BCUT2D eigenvalue weighted by Gasteiger charge is -2.37. The van der Waals surface area contributed by atoms with Gasteiger partial charge < -0.3 is 9.84 Å². The van der Waals surface area contributed by atoms with Gasteiger partial charge in [-0.2, -0.15) is 0 Å². The van der Waals surface area contributed by atoms with Crippen molar-refractivity contribution in [1.82, 2.24) is 4.90 Å². The summed E-state index contributed by atoms with van der Waals surface area (Å²) in [6.07, 6.45) is 1.61. The zero-order chi connectivity index (χ0) is 14.6. The van der Waals surface area contributed by atoms with Gasteiger partial charge in [-0.15, -0.1) is 0 Å². The van der Waals surface area contributed by atoms with Crippen LogP contribution in [0.1, 0.15) is 19.8 Å². The summed E-state index contributed by atoms with van der Waals surface area (Å²) in [4.78, 5) is 13.4. The van der Waals surface area contributed by atoms with E-state index in [0.29, 0.717) is 25.4 Å².